The molecule has 0 spiro atoms. The van der Waals surface area contributed by atoms with Crippen LogP contribution in [0, 0.1) is 0 Å². The van der Waals surface area contributed by atoms with Crippen LogP contribution in [0.15, 0.2) is 42.5 Å². The number of benzene rings is 2. The van der Waals surface area contributed by atoms with E-state index in [2.05, 4.69) is 0 Å². The van der Waals surface area contributed by atoms with E-state index >= 15 is 0 Å². The van der Waals surface area contributed by atoms with Crippen molar-refractivity contribution in [1.29, 1.82) is 0 Å². The van der Waals surface area contributed by atoms with Gasteiger partial charge in [0, 0.05) is 18.7 Å². The summed E-state index contributed by atoms with van der Waals surface area (Å²) in [7, 11) is 0. The maximum Gasteiger partial charge on any atom is 0.254 e. The first-order valence-electron chi connectivity index (χ1n) is 6.87. The molecule has 0 radical (unpaired) electrons. The van der Waals surface area contributed by atoms with Gasteiger partial charge in [-0.05, 0) is 22.9 Å². The highest BCUT2D eigenvalue weighted by atomic mass is 16.5. The second-order valence-corrected chi connectivity index (χ2v) is 5.02. The number of morpholine rings is 1. The first kappa shape index (κ1) is 13.1. The normalized spacial score (nSPS) is 19.2. The van der Waals surface area contributed by atoms with Gasteiger partial charge in [0.25, 0.3) is 5.91 Å². The van der Waals surface area contributed by atoms with Gasteiger partial charge in [0.15, 0.2) is 0 Å². The molecule has 1 saturated heterocycles. The number of carbonyl (C=O) groups is 1. The van der Waals surface area contributed by atoms with E-state index in [-0.39, 0.29) is 11.9 Å². The Morgan fingerprint density at radius 3 is 2.85 bits per heavy atom. The van der Waals surface area contributed by atoms with Crippen LogP contribution in [0.4, 0.5) is 0 Å². The standard InChI is InChI=1S/C16H18N2O2/c17-10-15-11-20-8-7-18(15)16(19)14-6-5-12-3-1-2-4-13(12)9-14/h1-6,9,15H,7-8,10-11,17H2. The number of rotatable bonds is 2. The van der Waals surface area contributed by atoms with Gasteiger partial charge in [-0.25, -0.2) is 0 Å². The molecule has 1 aliphatic rings. The Hall–Kier alpha value is -1.91. The Kier molecular flexibility index (Phi) is 3.67. The van der Waals surface area contributed by atoms with Crippen LogP contribution in [0.25, 0.3) is 10.8 Å². The van der Waals surface area contributed by atoms with E-state index in [4.69, 9.17) is 10.5 Å². The lowest BCUT2D eigenvalue weighted by Crippen LogP contribution is -2.52. The van der Waals surface area contributed by atoms with E-state index < -0.39 is 0 Å². The van der Waals surface area contributed by atoms with Crippen molar-refractivity contribution in [1.82, 2.24) is 4.90 Å². The smallest absolute Gasteiger partial charge is 0.254 e. The molecular formula is C16H18N2O2. The molecule has 3 rings (SSSR count). The lowest BCUT2D eigenvalue weighted by atomic mass is 10.1. The molecule has 2 N–H and O–H groups in total. The zero-order valence-corrected chi connectivity index (χ0v) is 11.3. The molecule has 1 amide bonds. The summed E-state index contributed by atoms with van der Waals surface area (Å²) in [4.78, 5) is 14.5. The van der Waals surface area contributed by atoms with Gasteiger partial charge >= 0.3 is 0 Å². The van der Waals surface area contributed by atoms with Crippen molar-refractivity contribution in [2.45, 2.75) is 6.04 Å². The van der Waals surface area contributed by atoms with E-state index in [1.807, 2.05) is 47.4 Å². The van der Waals surface area contributed by atoms with E-state index in [0.717, 1.165) is 10.8 Å². The van der Waals surface area contributed by atoms with Gasteiger partial charge in [-0.15, -0.1) is 0 Å². The molecule has 0 aromatic heterocycles. The number of carbonyl (C=O) groups excluding carboxylic acids is 1. The summed E-state index contributed by atoms with van der Waals surface area (Å²) < 4.78 is 5.39. The second kappa shape index (κ2) is 5.61. The molecule has 1 fully saturated rings. The van der Waals surface area contributed by atoms with Crippen molar-refractivity contribution in [3.63, 3.8) is 0 Å². The number of nitrogens with zero attached hydrogens (tertiary/aromatic N) is 1. The zero-order valence-electron chi connectivity index (χ0n) is 11.3. The predicted molar refractivity (Wildman–Crippen MR) is 78.6 cm³/mol. The second-order valence-electron chi connectivity index (χ2n) is 5.02. The topological polar surface area (TPSA) is 55.6 Å². The quantitative estimate of drug-likeness (QED) is 0.902. The minimum atomic E-state index is -0.0253. The van der Waals surface area contributed by atoms with Crippen LogP contribution in [0.2, 0.25) is 0 Å². The summed E-state index contributed by atoms with van der Waals surface area (Å²) in [5.41, 5.74) is 6.44. The van der Waals surface area contributed by atoms with Gasteiger partial charge in [0.2, 0.25) is 0 Å². The summed E-state index contributed by atoms with van der Waals surface area (Å²) >= 11 is 0. The van der Waals surface area contributed by atoms with Crippen LogP contribution in [0.3, 0.4) is 0 Å². The van der Waals surface area contributed by atoms with Crippen LogP contribution in [-0.2, 0) is 4.74 Å². The summed E-state index contributed by atoms with van der Waals surface area (Å²) in [5, 5.41) is 2.22. The minimum Gasteiger partial charge on any atom is -0.377 e. The van der Waals surface area contributed by atoms with Gasteiger partial charge in [-0.1, -0.05) is 30.3 Å². The molecule has 2 aromatic carbocycles. The van der Waals surface area contributed by atoms with E-state index in [1.54, 1.807) is 0 Å². The molecule has 0 aliphatic carbocycles. The summed E-state index contributed by atoms with van der Waals surface area (Å²) in [6.07, 6.45) is 0. The van der Waals surface area contributed by atoms with Crippen LogP contribution in [0.5, 0.6) is 0 Å². The summed E-state index contributed by atoms with van der Waals surface area (Å²) in [6, 6.07) is 13.8. The SMILES string of the molecule is NCC1COCCN1C(=O)c1ccc2ccccc2c1. The maximum absolute atomic E-state index is 12.6. The number of fused-ring (bicyclic) bond motifs is 1. The first-order valence-corrected chi connectivity index (χ1v) is 6.87. The molecule has 4 nitrogen and oxygen atoms in total. The first-order chi connectivity index (χ1) is 9.79. The van der Waals surface area contributed by atoms with Crippen LogP contribution < -0.4 is 5.73 Å². The van der Waals surface area contributed by atoms with Gasteiger partial charge in [-0.2, -0.15) is 0 Å². The monoisotopic (exact) mass is 270 g/mol. The third kappa shape index (κ3) is 2.40. The zero-order chi connectivity index (χ0) is 13.9. The average Bonchev–Trinajstić information content (AvgIpc) is 2.53. The van der Waals surface area contributed by atoms with E-state index in [9.17, 15) is 4.79 Å². The predicted octanol–water partition coefficient (Wildman–Crippen LogP) is 1.64. The molecule has 0 bridgehead atoms. The largest absolute Gasteiger partial charge is 0.377 e. The number of nitrogens with two attached hydrogens (primary N) is 1. The molecule has 104 valence electrons. The molecule has 0 saturated carbocycles. The highest BCUT2D eigenvalue weighted by Crippen LogP contribution is 2.18. The van der Waals surface area contributed by atoms with Gasteiger partial charge in [0.1, 0.15) is 0 Å². The number of ether oxygens (including phenoxy) is 1. The van der Waals surface area contributed by atoms with Gasteiger partial charge in [0.05, 0.1) is 19.3 Å². The van der Waals surface area contributed by atoms with Crippen molar-refractivity contribution in [3.05, 3.63) is 48.0 Å². The average molecular weight is 270 g/mol. The van der Waals surface area contributed by atoms with Gasteiger partial charge < -0.3 is 15.4 Å². The van der Waals surface area contributed by atoms with E-state index in [1.165, 1.54) is 0 Å². The molecule has 2 aromatic rings. The lowest BCUT2D eigenvalue weighted by molar-refractivity contribution is 0.000849. The number of hydrogen-bond acceptors (Lipinski definition) is 3. The third-order valence-electron chi connectivity index (χ3n) is 3.76. The fraction of sp³-hybridized carbons (Fsp3) is 0.312. The molecule has 4 heteroatoms. The molecule has 1 aliphatic heterocycles. The van der Waals surface area contributed by atoms with Crippen LogP contribution >= 0.6 is 0 Å². The Bertz CT molecular complexity index is 627. The number of hydrogen-bond donors (Lipinski definition) is 1. The third-order valence-corrected chi connectivity index (χ3v) is 3.76. The number of amides is 1. The van der Waals surface area contributed by atoms with Crippen LogP contribution in [-0.4, -0.2) is 43.2 Å². The minimum absolute atomic E-state index is 0.0253. The summed E-state index contributed by atoms with van der Waals surface area (Å²) in [6.45, 7) is 2.14. The molecule has 1 atom stereocenters. The highest BCUT2D eigenvalue weighted by Gasteiger charge is 2.26. The van der Waals surface area contributed by atoms with Gasteiger partial charge in [-0.3, -0.25) is 4.79 Å². The van der Waals surface area contributed by atoms with Crippen molar-refractivity contribution < 1.29 is 9.53 Å². The summed E-state index contributed by atoms with van der Waals surface area (Å²) in [5.74, 6) is 0.0366. The Morgan fingerprint density at radius 2 is 2.05 bits per heavy atom. The van der Waals surface area contributed by atoms with Crippen molar-refractivity contribution in [2.24, 2.45) is 5.73 Å². The highest BCUT2D eigenvalue weighted by molar-refractivity contribution is 5.98. The van der Waals surface area contributed by atoms with E-state index in [0.29, 0.717) is 31.9 Å². The molecule has 1 unspecified atom stereocenters. The Morgan fingerprint density at radius 1 is 1.25 bits per heavy atom. The molecule has 20 heavy (non-hydrogen) atoms. The van der Waals surface area contributed by atoms with Crippen molar-refractivity contribution >= 4 is 16.7 Å². The fourth-order valence-electron chi connectivity index (χ4n) is 2.61. The molecule has 1 heterocycles. The Labute approximate surface area is 118 Å². The van der Waals surface area contributed by atoms with Crippen molar-refractivity contribution in [2.75, 3.05) is 26.3 Å². The van der Waals surface area contributed by atoms with Crippen molar-refractivity contribution in [3.8, 4) is 0 Å². The Balaban J connectivity index is 1.91. The van der Waals surface area contributed by atoms with Crippen LogP contribution in [0.1, 0.15) is 10.4 Å². The lowest BCUT2D eigenvalue weighted by Gasteiger charge is -2.35. The fourth-order valence-corrected chi connectivity index (χ4v) is 2.61. The molecular weight excluding hydrogens is 252 g/mol. The maximum atomic E-state index is 12.6.